The second kappa shape index (κ2) is 11.0. The van der Waals surface area contributed by atoms with Crippen LogP contribution < -0.4 is 0 Å². The van der Waals surface area contributed by atoms with Crippen LogP contribution in [0.3, 0.4) is 0 Å². The van der Waals surface area contributed by atoms with E-state index < -0.39 is 17.9 Å². The monoisotopic (exact) mass is 262 g/mol. The number of esters is 2. The normalized spacial score (nSPS) is 10.4. The van der Waals surface area contributed by atoms with E-state index in [4.69, 9.17) is 18.9 Å². The van der Waals surface area contributed by atoms with Gasteiger partial charge in [0.15, 0.2) is 5.92 Å². The Morgan fingerprint density at radius 3 is 1.67 bits per heavy atom. The highest BCUT2D eigenvalue weighted by Crippen LogP contribution is 2.11. The number of ether oxygens (including phenoxy) is 4. The number of methoxy groups -OCH3 is 2. The van der Waals surface area contributed by atoms with Crippen molar-refractivity contribution in [1.82, 2.24) is 0 Å². The molecule has 0 amide bonds. The molecule has 6 heteroatoms. The Labute approximate surface area is 108 Å². The zero-order chi connectivity index (χ0) is 13.8. The lowest BCUT2D eigenvalue weighted by atomic mass is 10.0. The summed E-state index contributed by atoms with van der Waals surface area (Å²) < 4.78 is 19.4. The molecule has 0 fully saturated rings. The summed E-state index contributed by atoms with van der Waals surface area (Å²) in [5, 5.41) is 0. The number of carbonyl (C=O) groups is 2. The summed E-state index contributed by atoms with van der Waals surface area (Å²) in [4.78, 5) is 23.3. The number of hydrogen-bond donors (Lipinski definition) is 0. The van der Waals surface area contributed by atoms with Crippen molar-refractivity contribution in [2.24, 2.45) is 5.92 Å². The van der Waals surface area contributed by atoms with Crippen molar-refractivity contribution in [2.45, 2.75) is 19.8 Å². The third-order valence-corrected chi connectivity index (χ3v) is 2.21. The van der Waals surface area contributed by atoms with Crippen LogP contribution in [0.5, 0.6) is 0 Å². The Morgan fingerprint density at radius 2 is 1.33 bits per heavy atom. The third-order valence-electron chi connectivity index (χ3n) is 2.21. The standard InChI is InChI=1S/C12H22O6/c1-4-5-10(11(13)17-8-6-15-2)12(14)18-9-7-16-3/h10H,4-9H2,1-3H3. The maximum Gasteiger partial charge on any atom is 0.320 e. The molecule has 0 heterocycles. The lowest BCUT2D eigenvalue weighted by Crippen LogP contribution is -2.29. The summed E-state index contributed by atoms with van der Waals surface area (Å²) in [7, 11) is 3.02. The van der Waals surface area contributed by atoms with Crippen LogP contribution in [0.2, 0.25) is 0 Å². The molecule has 18 heavy (non-hydrogen) atoms. The highest BCUT2D eigenvalue weighted by Gasteiger charge is 2.28. The van der Waals surface area contributed by atoms with Gasteiger partial charge in [0.2, 0.25) is 0 Å². The minimum atomic E-state index is -0.858. The maximum absolute atomic E-state index is 11.7. The van der Waals surface area contributed by atoms with Crippen molar-refractivity contribution in [1.29, 1.82) is 0 Å². The van der Waals surface area contributed by atoms with Gasteiger partial charge in [-0.3, -0.25) is 9.59 Å². The topological polar surface area (TPSA) is 71.1 Å². The molecule has 0 N–H and O–H groups in total. The first-order chi connectivity index (χ1) is 8.67. The second-order valence-electron chi connectivity index (χ2n) is 3.66. The van der Waals surface area contributed by atoms with E-state index in [1.807, 2.05) is 6.92 Å². The van der Waals surface area contributed by atoms with Gasteiger partial charge < -0.3 is 18.9 Å². The molecule has 6 nitrogen and oxygen atoms in total. The molecule has 0 saturated carbocycles. The molecule has 0 aromatic carbocycles. The van der Waals surface area contributed by atoms with Crippen LogP contribution >= 0.6 is 0 Å². The summed E-state index contributed by atoms with van der Waals surface area (Å²) in [5.74, 6) is -1.98. The van der Waals surface area contributed by atoms with E-state index in [9.17, 15) is 9.59 Å². The van der Waals surface area contributed by atoms with Gasteiger partial charge in [-0.1, -0.05) is 13.3 Å². The Balaban J connectivity index is 4.16. The van der Waals surface area contributed by atoms with Crippen molar-refractivity contribution < 1.29 is 28.5 Å². The molecular weight excluding hydrogens is 240 g/mol. The van der Waals surface area contributed by atoms with Crippen molar-refractivity contribution >= 4 is 11.9 Å². The lowest BCUT2D eigenvalue weighted by molar-refractivity contribution is -0.163. The quantitative estimate of drug-likeness (QED) is 0.329. The average Bonchev–Trinajstić information content (AvgIpc) is 2.36. The van der Waals surface area contributed by atoms with Crippen LogP contribution in [0.25, 0.3) is 0 Å². The largest absolute Gasteiger partial charge is 0.463 e. The fourth-order valence-electron chi connectivity index (χ4n) is 1.27. The zero-order valence-corrected chi connectivity index (χ0v) is 11.3. The molecule has 106 valence electrons. The summed E-state index contributed by atoms with van der Waals surface area (Å²) in [6.07, 6.45) is 1.11. The van der Waals surface area contributed by atoms with E-state index in [1.54, 1.807) is 0 Å². The summed E-state index contributed by atoms with van der Waals surface area (Å²) in [6.45, 7) is 2.78. The van der Waals surface area contributed by atoms with Crippen molar-refractivity contribution in [3.05, 3.63) is 0 Å². The first-order valence-electron chi connectivity index (χ1n) is 5.98. The van der Waals surface area contributed by atoms with Crippen molar-refractivity contribution in [3.8, 4) is 0 Å². The number of hydrogen-bond acceptors (Lipinski definition) is 6. The van der Waals surface area contributed by atoms with Crippen molar-refractivity contribution in [2.75, 3.05) is 40.6 Å². The second-order valence-corrected chi connectivity index (χ2v) is 3.66. The molecule has 0 aliphatic rings. The number of carbonyl (C=O) groups excluding carboxylic acids is 2. The predicted molar refractivity (Wildman–Crippen MR) is 64.1 cm³/mol. The minimum Gasteiger partial charge on any atom is -0.463 e. The van der Waals surface area contributed by atoms with Gasteiger partial charge in [-0.15, -0.1) is 0 Å². The Bertz CT molecular complexity index is 219. The molecule has 0 saturated heterocycles. The van der Waals surface area contributed by atoms with E-state index in [-0.39, 0.29) is 13.2 Å². The van der Waals surface area contributed by atoms with Crippen LogP contribution in [0.1, 0.15) is 19.8 Å². The molecule has 0 radical (unpaired) electrons. The van der Waals surface area contributed by atoms with Gasteiger partial charge >= 0.3 is 11.9 Å². The third kappa shape index (κ3) is 7.24. The van der Waals surface area contributed by atoms with Crippen LogP contribution in [-0.4, -0.2) is 52.6 Å². The summed E-state index contributed by atoms with van der Waals surface area (Å²) >= 11 is 0. The first kappa shape index (κ1) is 16.9. The van der Waals surface area contributed by atoms with Crippen molar-refractivity contribution in [3.63, 3.8) is 0 Å². The maximum atomic E-state index is 11.7. The van der Waals surface area contributed by atoms with Crippen LogP contribution in [-0.2, 0) is 28.5 Å². The smallest absolute Gasteiger partial charge is 0.320 e. The Hall–Kier alpha value is -1.14. The van der Waals surface area contributed by atoms with E-state index in [2.05, 4.69) is 0 Å². The molecule has 0 aromatic rings. The molecule has 0 spiro atoms. The molecule has 0 aliphatic carbocycles. The first-order valence-corrected chi connectivity index (χ1v) is 5.98. The molecule has 0 rings (SSSR count). The van der Waals surface area contributed by atoms with E-state index in [0.717, 1.165) is 0 Å². The zero-order valence-electron chi connectivity index (χ0n) is 11.3. The molecular formula is C12H22O6. The van der Waals surface area contributed by atoms with Gasteiger partial charge in [-0.05, 0) is 6.42 Å². The van der Waals surface area contributed by atoms with Gasteiger partial charge in [0.05, 0.1) is 13.2 Å². The molecule has 0 unspecified atom stereocenters. The minimum absolute atomic E-state index is 0.140. The van der Waals surface area contributed by atoms with Gasteiger partial charge in [0, 0.05) is 14.2 Å². The van der Waals surface area contributed by atoms with Crippen LogP contribution in [0, 0.1) is 5.92 Å². The van der Waals surface area contributed by atoms with Gasteiger partial charge in [-0.2, -0.15) is 0 Å². The lowest BCUT2D eigenvalue weighted by Gasteiger charge is -2.14. The van der Waals surface area contributed by atoms with Gasteiger partial charge in [-0.25, -0.2) is 0 Å². The molecule has 0 aromatic heterocycles. The van der Waals surface area contributed by atoms with Crippen LogP contribution in [0.15, 0.2) is 0 Å². The molecule has 0 atom stereocenters. The Morgan fingerprint density at radius 1 is 0.889 bits per heavy atom. The fourth-order valence-corrected chi connectivity index (χ4v) is 1.27. The fraction of sp³-hybridized carbons (Fsp3) is 0.833. The van der Waals surface area contributed by atoms with E-state index in [1.165, 1.54) is 14.2 Å². The van der Waals surface area contributed by atoms with Crippen LogP contribution in [0.4, 0.5) is 0 Å². The number of rotatable bonds is 10. The van der Waals surface area contributed by atoms with E-state index in [0.29, 0.717) is 26.1 Å². The van der Waals surface area contributed by atoms with Gasteiger partial charge in [0.1, 0.15) is 13.2 Å². The van der Waals surface area contributed by atoms with E-state index >= 15 is 0 Å². The SMILES string of the molecule is CCCC(C(=O)OCCOC)C(=O)OCCOC. The highest BCUT2D eigenvalue weighted by molar-refractivity contribution is 5.94. The molecule has 0 bridgehead atoms. The predicted octanol–water partition coefficient (Wildman–Crippen LogP) is 0.782. The average molecular weight is 262 g/mol. The summed E-state index contributed by atoms with van der Waals surface area (Å²) in [5.41, 5.74) is 0. The van der Waals surface area contributed by atoms with Gasteiger partial charge in [0.25, 0.3) is 0 Å². The Kier molecular flexibility index (Phi) is 10.3. The highest BCUT2D eigenvalue weighted by atomic mass is 16.6. The summed E-state index contributed by atoms with van der Waals surface area (Å²) in [6, 6.07) is 0. The molecule has 0 aliphatic heterocycles.